The molecule has 0 spiro atoms. The smallest absolute Gasteiger partial charge is 0.234 e. The average molecular weight is 473 g/mol. The maximum atomic E-state index is 12.5. The van der Waals surface area contributed by atoms with E-state index in [0.717, 1.165) is 5.75 Å². The molecule has 10 heteroatoms. The molecule has 1 heterocycles. The second kappa shape index (κ2) is 11.5. The van der Waals surface area contributed by atoms with Crippen molar-refractivity contribution < 1.29 is 23.7 Å². The number of carbonyl (C=O) groups excluding carboxylic acids is 1. The van der Waals surface area contributed by atoms with Crippen LogP contribution in [0.25, 0.3) is 0 Å². The lowest BCUT2D eigenvalue weighted by molar-refractivity contribution is -0.113. The minimum Gasteiger partial charge on any atom is -0.497 e. The molecule has 2 aromatic carbocycles. The van der Waals surface area contributed by atoms with Crippen LogP contribution in [-0.4, -0.2) is 47.8 Å². The molecule has 1 aromatic heterocycles. The van der Waals surface area contributed by atoms with Crippen molar-refractivity contribution in [1.82, 2.24) is 14.8 Å². The van der Waals surface area contributed by atoms with Crippen molar-refractivity contribution in [2.75, 3.05) is 32.4 Å². The van der Waals surface area contributed by atoms with Gasteiger partial charge in [-0.15, -0.1) is 10.2 Å². The summed E-state index contributed by atoms with van der Waals surface area (Å²) in [5.41, 5.74) is 0.572. The third-order valence-electron chi connectivity index (χ3n) is 4.81. The van der Waals surface area contributed by atoms with Crippen LogP contribution >= 0.6 is 11.8 Å². The molecule has 0 aliphatic rings. The molecule has 1 N–H and O–H groups in total. The van der Waals surface area contributed by atoms with Crippen molar-refractivity contribution in [2.24, 2.45) is 0 Å². The topological polar surface area (TPSA) is 96.7 Å². The van der Waals surface area contributed by atoms with Gasteiger partial charge >= 0.3 is 0 Å². The molecule has 3 rings (SSSR count). The number of rotatable bonds is 11. The average Bonchev–Trinajstić information content (AvgIpc) is 3.26. The van der Waals surface area contributed by atoms with Gasteiger partial charge in [-0.2, -0.15) is 0 Å². The molecule has 3 aromatic rings. The predicted octanol–water partition coefficient (Wildman–Crippen LogP) is 4.19. The number of hydrogen-bond donors (Lipinski definition) is 1. The number of thioether (sulfide) groups is 1. The minimum atomic E-state index is -0.322. The molecule has 1 atom stereocenters. The molecule has 176 valence electrons. The van der Waals surface area contributed by atoms with Crippen molar-refractivity contribution in [3.8, 4) is 23.0 Å². The molecule has 0 radical (unpaired) electrons. The second-order valence-electron chi connectivity index (χ2n) is 6.92. The fourth-order valence-corrected chi connectivity index (χ4v) is 3.94. The Hall–Kier alpha value is -3.40. The highest BCUT2D eigenvalue weighted by Crippen LogP contribution is 2.30. The number of anilines is 1. The van der Waals surface area contributed by atoms with Crippen LogP contribution in [0.2, 0.25) is 0 Å². The van der Waals surface area contributed by atoms with Crippen LogP contribution in [0.4, 0.5) is 5.69 Å². The Morgan fingerprint density at radius 3 is 2.30 bits per heavy atom. The summed E-state index contributed by atoms with van der Waals surface area (Å²) in [6, 6.07) is 12.6. The summed E-state index contributed by atoms with van der Waals surface area (Å²) in [6.45, 7) is 4.56. The monoisotopic (exact) mass is 472 g/mol. The highest BCUT2D eigenvalue weighted by molar-refractivity contribution is 7.99. The van der Waals surface area contributed by atoms with Gasteiger partial charge in [-0.05, 0) is 50.2 Å². The Labute approximate surface area is 197 Å². The Balaban J connectivity index is 1.63. The first-order chi connectivity index (χ1) is 16.0. The summed E-state index contributed by atoms with van der Waals surface area (Å²) in [6.07, 6.45) is -0.322. The van der Waals surface area contributed by atoms with Gasteiger partial charge in [0.05, 0.1) is 32.8 Å². The van der Waals surface area contributed by atoms with E-state index in [1.54, 1.807) is 39.5 Å². The molecule has 1 unspecified atom stereocenters. The number of aromatic nitrogens is 3. The number of ether oxygens (including phenoxy) is 4. The quantitative estimate of drug-likeness (QED) is 0.415. The summed E-state index contributed by atoms with van der Waals surface area (Å²) in [5.74, 6) is 3.31. The zero-order valence-corrected chi connectivity index (χ0v) is 20.1. The van der Waals surface area contributed by atoms with Gasteiger partial charge in [-0.25, -0.2) is 0 Å². The van der Waals surface area contributed by atoms with Gasteiger partial charge in [0, 0.05) is 12.6 Å². The summed E-state index contributed by atoms with van der Waals surface area (Å²) in [4.78, 5) is 12.5. The van der Waals surface area contributed by atoms with Crippen LogP contribution in [0.1, 0.15) is 25.8 Å². The van der Waals surface area contributed by atoms with Gasteiger partial charge < -0.3 is 28.8 Å². The minimum absolute atomic E-state index is 0.168. The largest absolute Gasteiger partial charge is 0.497 e. The van der Waals surface area contributed by atoms with Gasteiger partial charge in [-0.1, -0.05) is 11.8 Å². The predicted molar refractivity (Wildman–Crippen MR) is 127 cm³/mol. The van der Waals surface area contributed by atoms with Gasteiger partial charge in [0.15, 0.2) is 17.1 Å². The van der Waals surface area contributed by atoms with Gasteiger partial charge in [-0.3, -0.25) is 4.79 Å². The fourth-order valence-electron chi connectivity index (χ4n) is 3.13. The lowest BCUT2D eigenvalue weighted by Crippen LogP contribution is -2.16. The van der Waals surface area contributed by atoms with Crippen LogP contribution in [0.15, 0.2) is 47.6 Å². The maximum Gasteiger partial charge on any atom is 0.234 e. The molecule has 0 aliphatic heterocycles. The van der Waals surface area contributed by atoms with E-state index in [4.69, 9.17) is 18.9 Å². The lowest BCUT2D eigenvalue weighted by atomic mass is 10.2. The summed E-state index contributed by atoms with van der Waals surface area (Å²) in [7, 11) is 4.74. The fraction of sp³-hybridized carbons (Fsp3) is 0.348. The van der Waals surface area contributed by atoms with Crippen LogP contribution in [0, 0.1) is 0 Å². The molecule has 33 heavy (non-hydrogen) atoms. The number of benzene rings is 2. The molecule has 0 saturated carbocycles. The molecular weight excluding hydrogens is 444 g/mol. The molecule has 1 amide bonds. The first-order valence-corrected chi connectivity index (χ1v) is 11.4. The van der Waals surface area contributed by atoms with Crippen molar-refractivity contribution in [2.45, 2.75) is 31.7 Å². The summed E-state index contributed by atoms with van der Waals surface area (Å²) < 4.78 is 23.7. The van der Waals surface area contributed by atoms with Gasteiger partial charge in [0.1, 0.15) is 23.0 Å². The molecular formula is C23H28N4O5S. The first-order valence-electron chi connectivity index (χ1n) is 10.4. The zero-order chi connectivity index (χ0) is 23.8. The van der Waals surface area contributed by atoms with Crippen molar-refractivity contribution in [3.05, 3.63) is 48.3 Å². The molecule has 0 bridgehead atoms. The highest BCUT2D eigenvalue weighted by Gasteiger charge is 2.20. The Morgan fingerprint density at radius 2 is 1.67 bits per heavy atom. The zero-order valence-electron chi connectivity index (χ0n) is 19.3. The van der Waals surface area contributed by atoms with Crippen molar-refractivity contribution in [1.29, 1.82) is 0 Å². The van der Waals surface area contributed by atoms with E-state index < -0.39 is 0 Å². The summed E-state index contributed by atoms with van der Waals surface area (Å²) >= 11 is 1.31. The van der Waals surface area contributed by atoms with Crippen molar-refractivity contribution in [3.63, 3.8) is 0 Å². The van der Waals surface area contributed by atoms with Crippen LogP contribution in [0.3, 0.4) is 0 Å². The standard InChI is InChI=1S/C23H28N4O5S/c1-6-27-22(15(2)32-17-9-7-16(29-3)8-10-17)25-26-23(27)33-14-21(28)24-19-12-11-18(30-4)13-20(19)31-5/h7-13,15H,6,14H2,1-5H3,(H,24,28). The van der Waals surface area contributed by atoms with Crippen molar-refractivity contribution >= 4 is 23.4 Å². The summed E-state index contributed by atoms with van der Waals surface area (Å²) in [5, 5.41) is 12.1. The molecule has 0 fully saturated rings. The Kier molecular flexibility index (Phi) is 8.42. The first kappa shape index (κ1) is 24.2. The normalized spacial score (nSPS) is 11.5. The third kappa shape index (κ3) is 6.10. The number of nitrogens with zero attached hydrogens (tertiary/aromatic N) is 3. The van der Waals surface area contributed by atoms with Crippen LogP contribution < -0.4 is 24.3 Å². The van der Waals surface area contributed by atoms with Gasteiger partial charge in [0.2, 0.25) is 5.91 Å². The molecule has 0 aliphatic carbocycles. The number of methoxy groups -OCH3 is 3. The van der Waals surface area contributed by atoms with E-state index in [1.807, 2.05) is 42.7 Å². The number of carbonyl (C=O) groups is 1. The number of nitrogens with one attached hydrogen (secondary N) is 1. The number of amides is 1. The molecule has 9 nitrogen and oxygen atoms in total. The van der Waals surface area contributed by atoms with E-state index in [9.17, 15) is 4.79 Å². The van der Waals surface area contributed by atoms with E-state index in [-0.39, 0.29) is 17.8 Å². The Bertz CT molecular complexity index is 1070. The SMILES string of the molecule is CCn1c(SCC(=O)Nc2ccc(OC)cc2OC)nnc1C(C)Oc1ccc(OC)cc1. The second-order valence-corrected chi connectivity index (χ2v) is 7.87. The van der Waals surface area contributed by atoms with E-state index in [2.05, 4.69) is 15.5 Å². The van der Waals surface area contributed by atoms with E-state index in [0.29, 0.717) is 40.5 Å². The van der Waals surface area contributed by atoms with E-state index >= 15 is 0 Å². The Morgan fingerprint density at radius 1 is 1.00 bits per heavy atom. The van der Waals surface area contributed by atoms with Crippen LogP contribution in [-0.2, 0) is 11.3 Å². The van der Waals surface area contributed by atoms with Gasteiger partial charge in [0.25, 0.3) is 0 Å². The third-order valence-corrected chi connectivity index (χ3v) is 5.78. The number of hydrogen-bond acceptors (Lipinski definition) is 8. The highest BCUT2D eigenvalue weighted by atomic mass is 32.2. The maximum absolute atomic E-state index is 12.5. The van der Waals surface area contributed by atoms with Crippen LogP contribution in [0.5, 0.6) is 23.0 Å². The molecule has 0 saturated heterocycles. The lowest BCUT2D eigenvalue weighted by Gasteiger charge is -2.16. The van der Waals surface area contributed by atoms with E-state index in [1.165, 1.54) is 11.8 Å².